The summed E-state index contributed by atoms with van der Waals surface area (Å²) in [5, 5.41) is 0.0878. The van der Waals surface area contributed by atoms with Gasteiger partial charge in [-0.2, -0.15) is 13.2 Å². The molecule has 4 aromatic rings. The first-order valence-electron chi connectivity index (χ1n) is 10.2. The Balaban J connectivity index is 1.66. The molecule has 0 radical (unpaired) electrons. The molecule has 4 nitrogen and oxygen atoms in total. The number of alkyl halides is 3. The van der Waals surface area contributed by atoms with Crippen LogP contribution in [0.4, 0.5) is 13.2 Å². The van der Waals surface area contributed by atoms with Crippen LogP contribution in [0.2, 0.25) is 0 Å². The highest BCUT2D eigenvalue weighted by atomic mass is 79.9. The number of hydrogen-bond donors (Lipinski definition) is 0. The summed E-state index contributed by atoms with van der Waals surface area (Å²) < 4.78 is 54.1. The lowest BCUT2D eigenvalue weighted by Crippen LogP contribution is -2.32. The van der Waals surface area contributed by atoms with Crippen LogP contribution in [0.15, 0.2) is 80.4 Å². The van der Waals surface area contributed by atoms with Gasteiger partial charge in [-0.1, -0.05) is 58.4 Å². The van der Waals surface area contributed by atoms with Crippen LogP contribution in [0, 0.1) is 0 Å². The fraction of sp³-hybridized carbons (Fsp3) is 0.160. The molecule has 5 rings (SSSR count). The Hall–Kier alpha value is -3.10. The Labute approximate surface area is 195 Å². The van der Waals surface area contributed by atoms with E-state index in [2.05, 4.69) is 15.9 Å². The quantitative estimate of drug-likeness (QED) is 0.308. The molecule has 33 heavy (non-hydrogen) atoms. The highest BCUT2D eigenvalue weighted by Gasteiger charge is 2.40. The topological polar surface area (TPSA) is 42.7 Å². The molecular formula is C25H17BrF3NO3. The lowest BCUT2D eigenvalue weighted by atomic mass is 10.00. The molecule has 0 amide bonds. The van der Waals surface area contributed by atoms with Crippen LogP contribution >= 0.6 is 15.9 Å². The summed E-state index contributed by atoms with van der Waals surface area (Å²) in [5.41, 5.74) is 0.290. The first kappa shape index (κ1) is 21.7. The summed E-state index contributed by atoms with van der Waals surface area (Å²) in [4.78, 5) is 15.3. The van der Waals surface area contributed by atoms with E-state index in [1.54, 1.807) is 18.2 Å². The molecule has 0 N–H and O–H groups in total. The maximum absolute atomic E-state index is 14.0. The molecule has 1 aliphatic rings. The van der Waals surface area contributed by atoms with Gasteiger partial charge >= 0.3 is 6.18 Å². The van der Waals surface area contributed by atoms with Gasteiger partial charge in [-0.3, -0.25) is 9.69 Å². The third kappa shape index (κ3) is 4.16. The first-order chi connectivity index (χ1) is 15.8. The third-order valence-corrected chi connectivity index (χ3v) is 6.07. The standard InChI is InChI=1S/C25H17BrF3NO3/c26-17-8-6-16(7-9-17)21-22(31)18-10-11-20-19(23(18)33-24(21)25(27,28)29)13-30(14-32-20)12-15-4-2-1-3-5-15/h1-11H,12-14H2. The van der Waals surface area contributed by atoms with Crippen LogP contribution in [-0.2, 0) is 19.3 Å². The number of halogens is 4. The predicted molar refractivity (Wildman–Crippen MR) is 122 cm³/mol. The van der Waals surface area contributed by atoms with Crippen molar-refractivity contribution in [1.29, 1.82) is 0 Å². The molecule has 0 saturated carbocycles. The van der Waals surface area contributed by atoms with Gasteiger partial charge in [0, 0.05) is 17.6 Å². The van der Waals surface area contributed by atoms with Crippen LogP contribution < -0.4 is 10.2 Å². The van der Waals surface area contributed by atoms with Crippen molar-refractivity contribution in [3.63, 3.8) is 0 Å². The molecule has 0 aliphatic carbocycles. The van der Waals surface area contributed by atoms with Crippen molar-refractivity contribution < 1.29 is 22.3 Å². The summed E-state index contributed by atoms with van der Waals surface area (Å²) in [7, 11) is 0. The number of hydrogen-bond acceptors (Lipinski definition) is 4. The van der Waals surface area contributed by atoms with Gasteiger partial charge in [-0.15, -0.1) is 0 Å². The molecule has 2 heterocycles. The van der Waals surface area contributed by atoms with Crippen molar-refractivity contribution in [2.45, 2.75) is 19.3 Å². The number of fused-ring (bicyclic) bond motifs is 3. The molecule has 0 atom stereocenters. The third-order valence-electron chi connectivity index (χ3n) is 5.54. The maximum atomic E-state index is 14.0. The van der Waals surface area contributed by atoms with Crippen LogP contribution in [-0.4, -0.2) is 11.6 Å². The minimum atomic E-state index is -4.85. The van der Waals surface area contributed by atoms with Crippen molar-refractivity contribution in [3.8, 4) is 16.9 Å². The van der Waals surface area contributed by atoms with E-state index in [-0.39, 0.29) is 23.3 Å². The molecule has 1 aliphatic heterocycles. The smallest absolute Gasteiger partial charge is 0.450 e. The van der Waals surface area contributed by atoms with Crippen molar-refractivity contribution in [2.75, 3.05) is 6.73 Å². The zero-order valence-corrected chi connectivity index (χ0v) is 18.7. The monoisotopic (exact) mass is 515 g/mol. The molecule has 8 heteroatoms. The Bertz CT molecular complexity index is 1380. The minimum Gasteiger partial charge on any atom is -0.478 e. The highest BCUT2D eigenvalue weighted by molar-refractivity contribution is 9.10. The fourth-order valence-electron chi connectivity index (χ4n) is 4.03. The lowest BCUT2D eigenvalue weighted by Gasteiger charge is -2.29. The van der Waals surface area contributed by atoms with Gasteiger partial charge in [0.05, 0.1) is 16.5 Å². The molecule has 168 valence electrons. The maximum Gasteiger partial charge on any atom is 0.450 e. The molecule has 0 saturated heterocycles. The normalized spacial score (nSPS) is 14.2. The average molecular weight is 516 g/mol. The van der Waals surface area contributed by atoms with Crippen molar-refractivity contribution in [3.05, 3.63) is 98.3 Å². The molecule has 0 fully saturated rings. The lowest BCUT2D eigenvalue weighted by molar-refractivity contribution is -0.152. The average Bonchev–Trinajstić information content (AvgIpc) is 2.79. The Morgan fingerprint density at radius 1 is 0.970 bits per heavy atom. The second-order valence-electron chi connectivity index (χ2n) is 7.80. The minimum absolute atomic E-state index is 0.0878. The number of rotatable bonds is 3. The van der Waals surface area contributed by atoms with E-state index >= 15 is 0 Å². The van der Waals surface area contributed by atoms with Gasteiger partial charge in [0.15, 0.2) is 0 Å². The summed E-state index contributed by atoms with van der Waals surface area (Å²) in [6.45, 7) is 1.12. The molecule has 0 spiro atoms. The van der Waals surface area contributed by atoms with Crippen molar-refractivity contribution in [2.24, 2.45) is 0 Å². The SMILES string of the molecule is O=c1c(-c2ccc(Br)cc2)c(C(F)(F)F)oc2c3c(ccc12)OCN(Cc1ccccc1)C3. The summed E-state index contributed by atoms with van der Waals surface area (Å²) in [6.07, 6.45) is -4.85. The van der Waals surface area contributed by atoms with E-state index in [1.807, 2.05) is 35.2 Å². The summed E-state index contributed by atoms with van der Waals surface area (Å²) in [5.74, 6) is -0.893. The predicted octanol–water partition coefficient (Wildman–Crippen LogP) is 6.59. The van der Waals surface area contributed by atoms with E-state index in [4.69, 9.17) is 9.15 Å². The van der Waals surface area contributed by atoms with Crippen LogP contribution in [0.25, 0.3) is 22.1 Å². The molecule has 0 unspecified atom stereocenters. The molecule has 0 bridgehead atoms. The van der Waals surface area contributed by atoms with Crippen molar-refractivity contribution >= 4 is 26.9 Å². The van der Waals surface area contributed by atoms with Crippen molar-refractivity contribution in [1.82, 2.24) is 4.90 Å². The molecular weight excluding hydrogens is 499 g/mol. The largest absolute Gasteiger partial charge is 0.478 e. The van der Waals surface area contributed by atoms with Gasteiger partial charge in [0.2, 0.25) is 11.2 Å². The first-order valence-corrected chi connectivity index (χ1v) is 11.0. The number of ether oxygens (including phenoxy) is 1. The van der Waals surface area contributed by atoms with Gasteiger partial charge in [0.1, 0.15) is 18.1 Å². The summed E-state index contributed by atoms with van der Waals surface area (Å²) in [6, 6.07) is 18.8. The van der Waals surface area contributed by atoms with E-state index in [0.717, 1.165) is 5.56 Å². The van der Waals surface area contributed by atoms with Gasteiger partial charge in [-0.05, 0) is 35.4 Å². The van der Waals surface area contributed by atoms with E-state index < -0.39 is 22.9 Å². The van der Waals surface area contributed by atoms with Gasteiger partial charge in [-0.25, -0.2) is 0 Å². The second-order valence-corrected chi connectivity index (χ2v) is 8.72. The van der Waals surface area contributed by atoms with E-state index in [1.165, 1.54) is 18.2 Å². The molecule has 3 aromatic carbocycles. The summed E-state index contributed by atoms with van der Waals surface area (Å²) >= 11 is 3.26. The Kier molecular flexibility index (Phi) is 5.50. The van der Waals surface area contributed by atoms with E-state index in [0.29, 0.717) is 28.9 Å². The highest BCUT2D eigenvalue weighted by Crippen LogP contribution is 2.40. The van der Waals surface area contributed by atoms with Crippen LogP contribution in [0.5, 0.6) is 5.75 Å². The van der Waals surface area contributed by atoms with Crippen LogP contribution in [0.3, 0.4) is 0 Å². The van der Waals surface area contributed by atoms with Gasteiger partial charge in [0.25, 0.3) is 0 Å². The van der Waals surface area contributed by atoms with Gasteiger partial charge < -0.3 is 9.15 Å². The fourth-order valence-corrected chi connectivity index (χ4v) is 4.30. The second kappa shape index (κ2) is 8.35. The zero-order valence-electron chi connectivity index (χ0n) is 17.2. The van der Waals surface area contributed by atoms with Crippen LogP contribution in [0.1, 0.15) is 16.9 Å². The molecule has 1 aromatic heterocycles. The zero-order chi connectivity index (χ0) is 23.2. The Morgan fingerprint density at radius 2 is 1.70 bits per heavy atom. The number of nitrogens with zero attached hydrogens (tertiary/aromatic N) is 1. The Morgan fingerprint density at radius 3 is 2.39 bits per heavy atom. The number of benzene rings is 3. The van der Waals surface area contributed by atoms with E-state index in [9.17, 15) is 18.0 Å².